The Morgan fingerprint density at radius 3 is 2.48 bits per heavy atom. The molecule has 10 heteroatoms. The minimum Gasteiger partial charge on any atom is -0.284 e. The summed E-state index contributed by atoms with van der Waals surface area (Å²) in [6.07, 6.45) is 2.81. The van der Waals surface area contributed by atoms with E-state index in [0.29, 0.717) is 21.9 Å². The fourth-order valence-corrected chi connectivity index (χ4v) is 3.90. The van der Waals surface area contributed by atoms with Crippen LogP contribution in [0.1, 0.15) is 0 Å². The molecule has 1 unspecified atom stereocenters. The van der Waals surface area contributed by atoms with Crippen LogP contribution in [0.3, 0.4) is 0 Å². The maximum atomic E-state index is 11.5. The summed E-state index contributed by atoms with van der Waals surface area (Å²) in [6.45, 7) is 0. The molecule has 2 aromatic carbocycles. The Kier molecular flexibility index (Phi) is 4.91. The molecule has 1 atom stereocenters. The number of rotatable bonds is 5. The molecule has 0 aliphatic rings. The van der Waals surface area contributed by atoms with Gasteiger partial charge < -0.3 is 0 Å². The monoisotopic (exact) mass is 427 g/mol. The number of sulfonamides is 1. The van der Waals surface area contributed by atoms with Gasteiger partial charge in [0.2, 0.25) is 10.0 Å². The number of nitrogens with one attached hydrogen (secondary N) is 1. The van der Waals surface area contributed by atoms with E-state index in [-0.39, 0.29) is 0 Å². The Balaban J connectivity index is 1.76. The average molecular weight is 428 g/mol. The summed E-state index contributed by atoms with van der Waals surface area (Å²) in [5.74, 6) is 0. The fourth-order valence-electron chi connectivity index (χ4n) is 2.94. The van der Waals surface area contributed by atoms with Crippen LogP contribution in [0.15, 0.2) is 71.8 Å². The maximum absolute atomic E-state index is 11.5. The van der Waals surface area contributed by atoms with Crippen LogP contribution in [0.2, 0.25) is 0 Å². The van der Waals surface area contributed by atoms with E-state index in [4.69, 9.17) is 5.14 Å². The smallest absolute Gasteiger partial charge is 0.229 e. The van der Waals surface area contributed by atoms with Gasteiger partial charge in [0, 0.05) is 16.8 Å². The van der Waals surface area contributed by atoms with Crippen molar-refractivity contribution in [2.24, 2.45) is 5.14 Å². The van der Waals surface area contributed by atoms with Crippen molar-refractivity contribution >= 4 is 32.3 Å². The van der Waals surface area contributed by atoms with Crippen LogP contribution >= 0.6 is 0 Å². The molecule has 4 aromatic rings. The Bertz CT molecular complexity index is 1330. The second-order valence-corrected chi connectivity index (χ2v) is 9.22. The Hall–Kier alpha value is -3.08. The van der Waals surface area contributed by atoms with Crippen LogP contribution in [0.25, 0.3) is 28.2 Å². The number of benzene rings is 2. The second kappa shape index (κ2) is 7.39. The van der Waals surface area contributed by atoms with Crippen LogP contribution in [-0.2, 0) is 21.0 Å². The van der Waals surface area contributed by atoms with Crippen molar-refractivity contribution in [2.75, 3.05) is 11.0 Å². The first-order valence-corrected chi connectivity index (χ1v) is 11.6. The van der Waals surface area contributed by atoms with Crippen molar-refractivity contribution < 1.29 is 12.6 Å². The lowest BCUT2D eigenvalue weighted by molar-refractivity contribution is 0.607. The van der Waals surface area contributed by atoms with Gasteiger partial charge in [0.1, 0.15) is 11.0 Å². The SMILES string of the molecule is CS(=O)(=O)Nc1cccc(-c2ccc3ncc(-c4ccc(S(N)=O)cc4)n3n2)c1. The van der Waals surface area contributed by atoms with E-state index in [1.165, 1.54) is 0 Å². The molecule has 29 heavy (non-hydrogen) atoms. The molecule has 2 heterocycles. The molecule has 148 valence electrons. The summed E-state index contributed by atoms with van der Waals surface area (Å²) >= 11 is 0. The lowest BCUT2D eigenvalue weighted by atomic mass is 10.1. The Morgan fingerprint density at radius 2 is 1.79 bits per heavy atom. The van der Waals surface area contributed by atoms with Crippen LogP contribution < -0.4 is 9.86 Å². The van der Waals surface area contributed by atoms with Gasteiger partial charge in [0.05, 0.1) is 28.7 Å². The lowest BCUT2D eigenvalue weighted by Crippen LogP contribution is -2.09. The zero-order chi connectivity index (χ0) is 20.6. The highest BCUT2D eigenvalue weighted by molar-refractivity contribution is 7.92. The molecule has 0 aliphatic carbocycles. The quantitative estimate of drug-likeness (QED) is 0.507. The number of nitrogens with zero attached hydrogens (tertiary/aromatic N) is 3. The molecular formula is C19H17N5O3S2. The standard InChI is InChI=1S/C19H17N5O3S2/c1-29(26,27)23-15-4-2-3-14(11-15)17-9-10-19-21-12-18(24(19)22-17)13-5-7-16(8-6-13)28(20)25/h2-12,23H,20H2,1H3. The van der Waals surface area contributed by atoms with Gasteiger partial charge in [-0.2, -0.15) is 5.10 Å². The van der Waals surface area contributed by atoms with E-state index in [1.54, 1.807) is 41.0 Å². The van der Waals surface area contributed by atoms with Gasteiger partial charge in [0.15, 0.2) is 5.65 Å². The lowest BCUT2D eigenvalue weighted by Gasteiger charge is -2.08. The highest BCUT2D eigenvalue weighted by Crippen LogP contribution is 2.25. The van der Waals surface area contributed by atoms with Crippen molar-refractivity contribution in [2.45, 2.75) is 4.90 Å². The zero-order valence-corrected chi connectivity index (χ0v) is 16.9. The van der Waals surface area contributed by atoms with Crippen LogP contribution in [0.5, 0.6) is 0 Å². The number of hydrogen-bond acceptors (Lipinski definition) is 5. The van der Waals surface area contributed by atoms with Crippen molar-refractivity contribution in [1.82, 2.24) is 14.6 Å². The Labute approximate surface area is 170 Å². The molecular weight excluding hydrogens is 410 g/mol. The maximum Gasteiger partial charge on any atom is 0.229 e. The minimum absolute atomic E-state index is 0.461. The normalized spacial score (nSPS) is 12.8. The van der Waals surface area contributed by atoms with Crippen molar-refractivity contribution in [3.8, 4) is 22.5 Å². The topological polar surface area (TPSA) is 119 Å². The Morgan fingerprint density at radius 1 is 1.03 bits per heavy atom. The van der Waals surface area contributed by atoms with E-state index in [0.717, 1.165) is 23.1 Å². The van der Waals surface area contributed by atoms with Crippen molar-refractivity contribution in [1.29, 1.82) is 0 Å². The number of anilines is 1. The molecule has 0 bridgehead atoms. The number of hydrogen-bond donors (Lipinski definition) is 2. The zero-order valence-electron chi connectivity index (χ0n) is 15.3. The summed E-state index contributed by atoms with van der Waals surface area (Å²) in [5.41, 5.74) is 4.16. The molecule has 0 aliphatic heterocycles. The molecule has 0 spiro atoms. The predicted molar refractivity (Wildman–Crippen MR) is 113 cm³/mol. The summed E-state index contributed by atoms with van der Waals surface area (Å²) in [4.78, 5) is 4.91. The summed E-state index contributed by atoms with van der Waals surface area (Å²) in [5, 5.41) is 10.1. The molecule has 0 fully saturated rings. The first kappa shape index (κ1) is 19.2. The second-order valence-electron chi connectivity index (χ2n) is 6.41. The van der Waals surface area contributed by atoms with E-state index >= 15 is 0 Å². The average Bonchev–Trinajstić information content (AvgIpc) is 3.10. The van der Waals surface area contributed by atoms with Gasteiger partial charge in [-0.05, 0) is 36.4 Å². The first-order chi connectivity index (χ1) is 13.8. The highest BCUT2D eigenvalue weighted by atomic mass is 32.2. The molecule has 4 rings (SSSR count). The third-order valence-corrected chi connectivity index (χ3v) is 5.55. The van der Waals surface area contributed by atoms with E-state index in [2.05, 4.69) is 14.8 Å². The predicted octanol–water partition coefficient (Wildman–Crippen LogP) is 2.42. The molecule has 8 nitrogen and oxygen atoms in total. The number of imidazole rings is 1. The molecule has 3 N–H and O–H groups in total. The van der Waals surface area contributed by atoms with E-state index < -0.39 is 21.0 Å². The molecule has 0 radical (unpaired) electrons. The van der Waals surface area contributed by atoms with Crippen molar-refractivity contribution in [3.05, 3.63) is 66.9 Å². The molecule has 0 saturated carbocycles. The van der Waals surface area contributed by atoms with Crippen LogP contribution in [-0.4, -0.2) is 33.5 Å². The van der Waals surface area contributed by atoms with Gasteiger partial charge in [-0.1, -0.05) is 24.3 Å². The van der Waals surface area contributed by atoms with E-state index in [9.17, 15) is 12.6 Å². The number of nitrogens with two attached hydrogens (primary N) is 1. The molecule has 0 amide bonds. The summed E-state index contributed by atoms with van der Waals surface area (Å²) in [6, 6.07) is 17.7. The highest BCUT2D eigenvalue weighted by Gasteiger charge is 2.11. The first-order valence-electron chi connectivity index (χ1n) is 8.50. The largest absolute Gasteiger partial charge is 0.284 e. The number of aromatic nitrogens is 3. The van der Waals surface area contributed by atoms with Gasteiger partial charge in [0.25, 0.3) is 0 Å². The van der Waals surface area contributed by atoms with Crippen LogP contribution in [0, 0.1) is 0 Å². The van der Waals surface area contributed by atoms with Gasteiger partial charge in [-0.15, -0.1) is 0 Å². The summed E-state index contributed by atoms with van der Waals surface area (Å²) < 4.78 is 38.5. The fraction of sp³-hybridized carbons (Fsp3) is 0.0526. The molecule has 2 aromatic heterocycles. The van der Waals surface area contributed by atoms with Crippen molar-refractivity contribution in [3.63, 3.8) is 0 Å². The summed E-state index contributed by atoms with van der Waals surface area (Å²) in [7, 11) is -4.91. The van der Waals surface area contributed by atoms with Gasteiger partial charge >= 0.3 is 0 Å². The van der Waals surface area contributed by atoms with Gasteiger partial charge in [-0.25, -0.2) is 27.3 Å². The van der Waals surface area contributed by atoms with Crippen LogP contribution in [0.4, 0.5) is 5.69 Å². The van der Waals surface area contributed by atoms with E-state index in [1.807, 2.05) is 30.3 Å². The van der Waals surface area contributed by atoms with Gasteiger partial charge in [-0.3, -0.25) is 4.72 Å². The molecule has 0 saturated heterocycles. The number of fused-ring (bicyclic) bond motifs is 1. The third kappa shape index (κ3) is 4.19. The minimum atomic E-state index is -3.37. The third-order valence-electron chi connectivity index (χ3n) is 4.21.